The first kappa shape index (κ1) is 28.0. The number of halogens is 1. The number of para-hydroxylation sites is 1. The number of ether oxygens (including phenoxy) is 1. The second-order valence-electron chi connectivity index (χ2n) is 12.0. The molecule has 1 aliphatic carbocycles. The lowest BCUT2D eigenvalue weighted by Gasteiger charge is -2.29. The van der Waals surface area contributed by atoms with Gasteiger partial charge in [-0.1, -0.05) is 12.1 Å². The molecule has 0 saturated heterocycles. The van der Waals surface area contributed by atoms with E-state index in [0.29, 0.717) is 47.9 Å². The molecule has 1 aliphatic heterocycles. The summed E-state index contributed by atoms with van der Waals surface area (Å²) in [4.78, 5) is 28.9. The van der Waals surface area contributed by atoms with Crippen molar-refractivity contribution in [1.82, 2.24) is 33.6 Å². The number of nitrogens with zero attached hydrogens (tertiary/aromatic N) is 8. The van der Waals surface area contributed by atoms with E-state index in [1.807, 2.05) is 41.3 Å². The third-order valence-corrected chi connectivity index (χ3v) is 8.67. The highest BCUT2D eigenvalue weighted by atomic mass is 19.1. The average molecular weight is 596 g/mol. The van der Waals surface area contributed by atoms with Gasteiger partial charge >= 0.3 is 0 Å². The van der Waals surface area contributed by atoms with Crippen LogP contribution in [0.4, 0.5) is 4.39 Å². The van der Waals surface area contributed by atoms with E-state index in [2.05, 4.69) is 27.8 Å². The number of imidazole rings is 2. The zero-order chi connectivity index (χ0) is 30.5. The van der Waals surface area contributed by atoms with E-state index < -0.39 is 12.7 Å². The molecule has 5 heterocycles. The van der Waals surface area contributed by atoms with Crippen LogP contribution in [0.3, 0.4) is 0 Å². The molecule has 1 saturated carbocycles. The second-order valence-corrected chi connectivity index (χ2v) is 12.0. The lowest BCUT2D eigenvalue weighted by atomic mass is 10.0. The van der Waals surface area contributed by atoms with Crippen LogP contribution >= 0.6 is 0 Å². The molecular weight excluding hydrogens is 561 g/mol. The van der Waals surface area contributed by atoms with E-state index in [1.165, 1.54) is 12.8 Å². The number of hydrogen-bond acceptors (Lipinski definition) is 7. The van der Waals surface area contributed by atoms with E-state index >= 15 is 0 Å². The van der Waals surface area contributed by atoms with E-state index in [-0.39, 0.29) is 18.5 Å². The van der Waals surface area contributed by atoms with Crippen molar-refractivity contribution in [3.05, 3.63) is 59.8 Å². The van der Waals surface area contributed by atoms with E-state index in [4.69, 9.17) is 25.7 Å². The standard InChI is InChI=1S/C32H34FN9O2/c1-19(41-16-23(13-34)36-18-41)17-44-28-5-3-4-21-10-27(42(29(21)28)14-20-6-7-20)31-38-26-11-24-25(37-30(26)39(31)2)8-9-40(32(24)43)15-22(35)12-33/h3-5,10-11,16,18-20,22H,6-9,12,14-15,17,35H2,1-2H3/t19-,22+/m0/s1. The molecule has 11 nitrogen and oxygen atoms in total. The van der Waals surface area contributed by atoms with Crippen LogP contribution in [0.2, 0.25) is 0 Å². The Hall–Kier alpha value is -4.76. The lowest BCUT2D eigenvalue weighted by molar-refractivity contribution is 0.0723. The van der Waals surface area contributed by atoms with Crippen LogP contribution in [0.15, 0.2) is 42.9 Å². The van der Waals surface area contributed by atoms with Gasteiger partial charge in [0.1, 0.15) is 30.6 Å². The third-order valence-electron chi connectivity index (χ3n) is 8.67. The Morgan fingerprint density at radius 1 is 1.25 bits per heavy atom. The highest BCUT2D eigenvalue weighted by Gasteiger charge is 2.30. The number of hydrogen-bond donors (Lipinski definition) is 1. The maximum absolute atomic E-state index is 13.3. The fraction of sp³-hybridized carbons (Fsp3) is 0.406. The van der Waals surface area contributed by atoms with Crippen LogP contribution in [0, 0.1) is 17.2 Å². The predicted octanol–water partition coefficient (Wildman–Crippen LogP) is 4.00. The number of nitrogens with two attached hydrogens (primary N) is 1. The number of alkyl halides is 1. The van der Waals surface area contributed by atoms with Crippen molar-refractivity contribution in [3.63, 3.8) is 0 Å². The zero-order valence-electron chi connectivity index (χ0n) is 24.8. The average Bonchev–Trinajstić information content (AvgIpc) is 3.44. The van der Waals surface area contributed by atoms with Gasteiger partial charge in [-0.25, -0.2) is 19.3 Å². The molecule has 2 aliphatic rings. The largest absolute Gasteiger partial charge is 0.489 e. The topological polar surface area (TPSA) is 133 Å². The Morgan fingerprint density at radius 2 is 2.09 bits per heavy atom. The summed E-state index contributed by atoms with van der Waals surface area (Å²) >= 11 is 0. The summed E-state index contributed by atoms with van der Waals surface area (Å²) in [6, 6.07) is 11.4. The van der Waals surface area contributed by atoms with Gasteiger partial charge in [-0.2, -0.15) is 5.26 Å². The predicted molar refractivity (Wildman–Crippen MR) is 163 cm³/mol. The molecule has 4 aromatic heterocycles. The molecule has 226 valence electrons. The lowest BCUT2D eigenvalue weighted by Crippen LogP contribution is -2.45. The Labute approximate surface area is 253 Å². The summed E-state index contributed by atoms with van der Waals surface area (Å²) in [6.45, 7) is 3.24. The molecular formula is C32H34FN9O2. The molecule has 1 fully saturated rings. The Morgan fingerprint density at radius 3 is 2.84 bits per heavy atom. The fourth-order valence-corrected chi connectivity index (χ4v) is 6.04. The van der Waals surface area contributed by atoms with Crippen LogP contribution in [0.5, 0.6) is 5.75 Å². The first-order chi connectivity index (χ1) is 21.3. The second kappa shape index (κ2) is 11.1. The van der Waals surface area contributed by atoms with Gasteiger partial charge < -0.3 is 29.1 Å². The number of fused-ring (bicyclic) bond motifs is 3. The van der Waals surface area contributed by atoms with Crippen molar-refractivity contribution in [1.29, 1.82) is 5.26 Å². The van der Waals surface area contributed by atoms with Gasteiger partial charge in [0.05, 0.1) is 40.9 Å². The zero-order valence-corrected chi connectivity index (χ0v) is 24.8. The van der Waals surface area contributed by atoms with Crippen molar-refractivity contribution < 1.29 is 13.9 Å². The number of benzene rings is 1. The molecule has 0 spiro atoms. The van der Waals surface area contributed by atoms with Gasteiger partial charge in [-0.15, -0.1) is 0 Å². The summed E-state index contributed by atoms with van der Waals surface area (Å²) in [5.74, 6) is 1.95. The normalized spacial score (nSPS) is 16.3. The third kappa shape index (κ3) is 4.97. The maximum Gasteiger partial charge on any atom is 0.255 e. The van der Waals surface area contributed by atoms with E-state index in [0.717, 1.165) is 40.4 Å². The fourth-order valence-electron chi connectivity index (χ4n) is 6.04. The Kier molecular flexibility index (Phi) is 7.05. The minimum absolute atomic E-state index is 0.0190. The van der Waals surface area contributed by atoms with Crippen LogP contribution < -0.4 is 10.5 Å². The summed E-state index contributed by atoms with van der Waals surface area (Å²) in [5, 5.41) is 10.2. The van der Waals surface area contributed by atoms with Gasteiger partial charge in [-0.05, 0) is 43.9 Å². The summed E-state index contributed by atoms with van der Waals surface area (Å²) in [6.07, 6.45) is 6.33. The molecule has 44 heavy (non-hydrogen) atoms. The first-order valence-electron chi connectivity index (χ1n) is 15.0. The number of aromatic nitrogens is 6. The quantitative estimate of drug-likeness (QED) is 0.258. The highest BCUT2D eigenvalue weighted by Crippen LogP contribution is 2.39. The summed E-state index contributed by atoms with van der Waals surface area (Å²) in [7, 11) is 1.96. The maximum atomic E-state index is 13.3. The molecule has 0 unspecified atom stereocenters. The SMILES string of the molecule is C[C@@H](COc1cccc2cc(-c3nc4cc5c(nc4n3C)CCN(C[C@H](N)CF)C5=O)n(CC3CC3)c12)n1cnc(C#N)c1. The molecule has 2 N–H and O–H groups in total. The molecule has 12 heteroatoms. The van der Waals surface area contributed by atoms with Crippen LogP contribution in [0.1, 0.15) is 47.6 Å². The molecule has 1 aromatic carbocycles. The molecule has 0 radical (unpaired) electrons. The minimum Gasteiger partial charge on any atom is -0.489 e. The monoisotopic (exact) mass is 595 g/mol. The van der Waals surface area contributed by atoms with Gasteiger partial charge in [-0.3, -0.25) is 4.79 Å². The number of aryl methyl sites for hydroxylation is 1. The van der Waals surface area contributed by atoms with Gasteiger partial charge in [0.2, 0.25) is 0 Å². The van der Waals surface area contributed by atoms with Gasteiger partial charge in [0.15, 0.2) is 17.2 Å². The molecule has 7 rings (SSSR count). The van der Waals surface area contributed by atoms with E-state index in [9.17, 15) is 9.18 Å². The molecule has 5 aromatic rings. The Balaban J connectivity index is 1.26. The van der Waals surface area contributed by atoms with Crippen molar-refractivity contribution in [2.24, 2.45) is 18.7 Å². The minimum atomic E-state index is -0.702. The van der Waals surface area contributed by atoms with Crippen molar-refractivity contribution >= 4 is 28.0 Å². The number of nitriles is 1. The molecule has 1 amide bonds. The highest BCUT2D eigenvalue weighted by molar-refractivity contribution is 5.99. The van der Waals surface area contributed by atoms with Crippen molar-refractivity contribution in [2.45, 2.75) is 44.8 Å². The van der Waals surface area contributed by atoms with Crippen LogP contribution in [-0.4, -0.2) is 71.9 Å². The summed E-state index contributed by atoms with van der Waals surface area (Å²) < 4.78 is 25.7. The number of amides is 1. The van der Waals surface area contributed by atoms with Gasteiger partial charge in [0, 0.05) is 44.7 Å². The number of rotatable bonds is 10. The molecule has 2 atom stereocenters. The summed E-state index contributed by atoms with van der Waals surface area (Å²) in [5.41, 5.74) is 10.7. The smallest absolute Gasteiger partial charge is 0.255 e. The van der Waals surface area contributed by atoms with Crippen LogP contribution in [0.25, 0.3) is 33.6 Å². The number of carbonyl (C=O) groups is 1. The Bertz CT molecular complexity index is 1930. The van der Waals surface area contributed by atoms with E-state index in [1.54, 1.807) is 17.4 Å². The van der Waals surface area contributed by atoms with Crippen molar-refractivity contribution in [2.75, 3.05) is 26.4 Å². The first-order valence-corrected chi connectivity index (χ1v) is 15.0. The molecule has 0 bridgehead atoms. The van der Waals surface area contributed by atoms with Crippen molar-refractivity contribution in [3.8, 4) is 23.3 Å². The van der Waals surface area contributed by atoms with Gasteiger partial charge in [0.25, 0.3) is 5.91 Å². The van der Waals surface area contributed by atoms with Crippen LogP contribution in [-0.2, 0) is 20.0 Å². The number of carbonyl (C=O) groups excluding carboxylic acids is 1. The number of pyridine rings is 1.